The third-order valence-corrected chi connectivity index (χ3v) is 8.25. The topological polar surface area (TPSA) is 87.7 Å². The Bertz CT molecular complexity index is 1510. The molecule has 1 aromatic heterocycles. The molecule has 3 amide bonds. The molecule has 0 bridgehead atoms. The van der Waals surface area contributed by atoms with Gasteiger partial charge < -0.3 is 20.3 Å². The van der Waals surface area contributed by atoms with E-state index in [-0.39, 0.29) is 12.4 Å². The van der Waals surface area contributed by atoms with Crippen LogP contribution in [0.5, 0.6) is 0 Å². The summed E-state index contributed by atoms with van der Waals surface area (Å²) in [6, 6.07) is 23.8. The Morgan fingerprint density at radius 1 is 0.951 bits per heavy atom. The number of nitrogens with one attached hydrogen (secondary N) is 2. The van der Waals surface area contributed by atoms with Gasteiger partial charge in [-0.25, -0.2) is 9.18 Å². The zero-order chi connectivity index (χ0) is 28.9. The summed E-state index contributed by atoms with van der Waals surface area (Å²) in [5, 5.41) is 7.75. The molecule has 1 saturated heterocycles. The highest BCUT2D eigenvalue weighted by atomic mass is 32.1. The smallest absolute Gasteiger partial charge is 0.323 e. The van der Waals surface area contributed by atoms with Crippen LogP contribution >= 0.6 is 11.3 Å². The SMILES string of the molecule is COC(=O)C1C(c2ccccc2)C(C(=O)NCc2ccc(F)cc2)N(C(=O)Nc2cccc(C)c2)C1c1cccs1. The molecule has 210 valence electrons. The molecular formula is C32H30FN3O4S. The number of anilines is 1. The van der Waals surface area contributed by atoms with E-state index in [1.807, 2.05) is 73.0 Å². The van der Waals surface area contributed by atoms with E-state index in [9.17, 15) is 18.8 Å². The first-order valence-electron chi connectivity index (χ1n) is 13.2. The van der Waals surface area contributed by atoms with Crippen LogP contribution in [0.4, 0.5) is 14.9 Å². The van der Waals surface area contributed by atoms with Crippen LogP contribution in [0.2, 0.25) is 0 Å². The zero-order valence-electron chi connectivity index (χ0n) is 22.6. The van der Waals surface area contributed by atoms with Crippen molar-refractivity contribution in [1.29, 1.82) is 0 Å². The number of esters is 1. The number of aryl methyl sites for hydroxylation is 1. The summed E-state index contributed by atoms with van der Waals surface area (Å²) in [6.45, 7) is 2.04. The fourth-order valence-electron chi connectivity index (χ4n) is 5.51. The molecule has 0 saturated carbocycles. The van der Waals surface area contributed by atoms with Gasteiger partial charge in [0.05, 0.1) is 19.1 Å². The van der Waals surface area contributed by atoms with Gasteiger partial charge in [0.2, 0.25) is 5.91 Å². The third kappa shape index (κ3) is 6.00. The second kappa shape index (κ2) is 12.3. The van der Waals surface area contributed by atoms with Crippen LogP contribution in [0.1, 0.15) is 33.5 Å². The number of carbonyl (C=O) groups excluding carboxylic acids is 3. The third-order valence-electron chi connectivity index (χ3n) is 7.31. The van der Waals surface area contributed by atoms with Crippen molar-refractivity contribution in [3.8, 4) is 0 Å². The summed E-state index contributed by atoms with van der Waals surface area (Å²) >= 11 is 1.41. The largest absolute Gasteiger partial charge is 0.469 e. The molecule has 1 aliphatic heterocycles. The van der Waals surface area contributed by atoms with Gasteiger partial charge in [-0.1, -0.05) is 60.7 Å². The highest BCUT2D eigenvalue weighted by Gasteiger charge is 2.58. The summed E-state index contributed by atoms with van der Waals surface area (Å²) in [5.41, 5.74) is 2.96. The minimum absolute atomic E-state index is 0.122. The van der Waals surface area contributed by atoms with Crippen molar-refractivity contribution in [3.63, 3.8) is 0 Å². The van der Waals surface area contributed by atoms with Crippen molar-refractivity contribution in [1.82, 2.24) is 10.2 Å². The fourth-order valence-corrected chi connectivity index (χ4v) is 6.38. The van der Waals surface area contributed by atoms with Gasteiger partial charge in [-0.3, -0.25) is 9.59 Å². The molecule has 0 radical (unpaired) electrons. The lowest BCUT2D eigenvalue weighted by Crippen LogP contribution is -2.49. The number of hydrogen-bond acceptors (Lipinski definition) is 5. The number of carbonyl (C=O) groups is 3. The molecule has 7 nitrogen and oxygen atoms in total. The van der Waals surface area contributed by atoms with E-state index < -0.39 is 41.8 Å². The number of benzene rings is 3. The Balaban J connectivity index is 1.61. The number of rotatable bonds is 7. The second-order valence-corrected chi connectivity index (χ2v) is 10.9. The average Bonchev–Trinajstić information content (AvgIpc) is 3.63. The van der Waals surface area contributed by atoms with Crippen LogP contribution in [0.15, 0.2) is 96.4 Å². The van der Waals surface area contributed by atoms with E-state index in [1.165, 1.54) is 35.5 Å². The fraction of sp³-hybridized carbons (Fsp3) is 0.219. The van der Waals surface area contributed by atoms with Crippen LogP contribution in [0.25, 0.3) is 0 Å². The van der Waals surface area contributed by atoms with E-state index in [1.54, 1.807) is 18.2 Å². The Kier molecular flexibility index (Phi) is 8.45. The molecule has 2 heterocycles. The molecule has 3 aromatic carbocycles. The van der Waals surface area contributed by atoms with E-state index in [0.717, 1.165) is 16.0 Å². The lowest BCUT2D eigenvalue weighted by Gasteiger charge is -2.31. The molecule has 4 atom stereocenters. The van der Waals surface area contributed by atoms with Gasteiger partial charge in [0, 0.05) is 23.0 Å². The maximum atomic E-state index is 14.1. The number of urea groups is 1. The number of methoxy groups -OCH3 is 1. The number of amides is 3. The van der Waals surface area contributed by atoms with E-state index in [2.05, 4.69) is 10.6 Å². The summed E-state index contributed by atoms with van der Waals surface area (Å²) in [5.74, 6) is -2.88. The van der Waals surface area contributed by atoms with Gasteiger partial charge in [-0.05, 0) is 59.3 Å². The normalized spacial score (nSPS) is 19.9. The molecule has 9 heteroatoms. The Labute approximate surface area is 242 Å². The van der Waals surface area contributed by atoms with Gasteiger partial charge in [0.1, 0.15) is 11.9 Å². The highest BCUT2D eigenvalue weighted by Crippen LogP contribution is 2.51. The molecule has 0 aliphatic carbocycles. The first-order valence-corrected chi connectivity index (χ1v) is 14.1. The van der Waals surface area contributed by atoms with Gasteiger partial charge in [-0.2, -0.15) is 0 Å². The quantitative estimate of drug-likeness (QED) is 0.265. The summed E-state index contributed by atoms with van der Waals surface area (Å²) in [7, 11) is 1.31. The molecule has 1 fully saturated rings. The molecule has 0 spiro atoms. The molecular weight excluding hydrogens is 541 g/mol. The zero-order valence-corrected chi connectivity index (χ0v) is 23.4. The van der Waals surface area contributed by atoms with E-state index in [4.69, 9.17) is 4.74 Å². The maximum Gasteiger partial charge on any atom is 0.323 e. The number of nitrogens with zero attached hydrogens (tertiary/aromatic N) is 1. The van der Waals surface area contributed by atoms with E-state index in [0.29, 0.717) is 11.3 Å². The second-order valence-electron chi connectivity index (χ2n) is 9.94. The number of halogens is 1. The van der Waals surface area contributed by atoms with Crippen LogP contribution in [-0.2, 0) is 20.9 Å². The first kappa shape index (κ1) is 28.0. The standard InChI is InChI=1S/C32H30FN3O4S/c1-20-8-6-11-24(18-20)35-32(39)36-28(25-12-7-17-41-25)27(31(38)40-2)26(22-9-4-3-5-10-22)29(36)30(37)34-19-21-13-15-23(33)16-14-21/h3-18,26-29H,19H2,1-2H3,(H,34,37)(H,35,39). The number of ether oxygens (including phenoxy) is 1. The molecule has 5 rings (SSSR count). The van der Waals surface area contributed by atoms with Crippen molar-refractivity contribution in [2.24, 2.45) is 5.92 Å². The number of thiophene rings is 1. The summed E-state index contributed by atoms with van der Waals surface area (Å²) in [4.78, 5) is 44.0. The molecule has 41 heavy (non-hydrogen) atoms. The predicted molar refractivity (Wildman–Crippen MR) is 156 cm³/mol. The predicted octanol–water partition coefficient (Wildman–Crippen LogP) is 6.04. The lowest BCUT2D eigenvalue weighted by atomic mass is 9.81. The van der Waals surface area contributed by atoms with Crippen LogP contribution < -0.4 is 10.6 Å². The van der Waals surface area contributed by atoms with Crippen LogP contribution in [-0.4, -0.2) is 36.0 Å². The average molecular weight is 572 g/mol. The summed E-state index contributed by atoms with van der Waals surface area (Å²) < 4.78 is 18.7. The van der Waals surface area contributed by atoms with Crippen molar-refractivity contribution >= 4 is 34.9 Å². The van der Waals surface area contributed by atoms with Crippen LogP contribution in [0.3, 0.4) is 0 Å². The first-order chi connectivity index (χ1) is 19.9. The van der Waals surface area contributed by atoms with Gasteiger partial charge >= 0.3 is 12.0 Å². The Morgan fingerprint density at radius 2 is 1.71 bits per heavy atom. The monoisotopic (exact) mass is 571 g/mol. The molecule has 1 aliphatic rings. The summed E-state index contributed by atoms with van der Waals surface area (Å²) in [6.07, 6.45) is 0. The Hall–Kier alpha value is -4.50. The van der Waals surface area contributed by atoms with E-state index >= 15 is 0 Å². The van der Waals surface area contributed by atoms with Crippen molar-refractivity contribution < 1.29 is 23.5 Å². The molecule has 4 unspecified atom stereocenters. The lowest BCUT2D eigenvalue weighted by molar-refractivity contribution is -0.146. The minimum atomic E-state index is -1.06. The van der Waals surface area contributed by atoms with Crippen molar-refractivity contribution in [2.45, 2.75) is 31.5 Å². The Morgan fingerprint density at radius 3 is 2.37 bits per heavy atom. The minimum Gasteiger partial charge on any atom is -0.469 e. The number of hydrogen-bond donors (Lipinski definition) is 2. The number of likely N-dealkylation sites (tertiary alicyclic amines) is 1. The molecule has 4 aromatic rings. The highest BCUT2D eigenvalue weighted by molar-refractivity contribution is 7.10. The maximum absolute atomic E-state index is 14.1. The van der Waals surface area contributed by atoms with Gasteiger partial charge in [-0.15, -0.1) is 11.3 Å². The van der Waals surface area contributed by atoms with Crippen molar-refractivity contribution in [2.75, 3.05) is 12.4 Å². The van der Waals surface area contributed by atoms with Gasteiger partial charge in [0.25, 0.3) is 0 Å². The van der Waals surface area contributed by atoms with Crippen molar-refractivity contribution in [3.05, 3.63) is 124 Å². The molecule has 2 N–H and O–H groups in total. The van der Waals surface area contributed by atoms with Gasteiger partial charge in [0.15, 0.2) is 0 Å². The van der Waals surface area contributed by atoms with Crippen LogP contribution in [0, 0.1) is 18.7 Å².